The van der Waals surface area contributed by atoms with Crippen molar-refractivity contribution in [1.82, 2.24) is 15.2 Å². The van der Waals surface area contributed by atoms with Gasteiger partial charge >= 0.3 is 6.03 Å². The van der Waals surface area contributed by atoms with Gasteiger partial charge in [-0.25, -0.2) is 9.78 Å². The van der Waals surface area contributed by atoms with Gasteiger partial charge in [-0.05, 0) is 32.9 Å². The lowest BCUT2D eigenvalue weighted by Crippen LogP contribution is -2.52. The van der Waals surface area contributed by atoms with E-state index in [0.29, 0.717) is 5.82 Å². The average Bonchev–Trinajstić information content (AvgIpc) is 2.47. The molecule has 6 nitrogen and oxygen atoms in total. The molecule has 1 aromatic rings. The molecule has 1 aromatic heterocycles. The van der Waals surface area contributed by atoms with E-state index in [-0.39, 0.29) is 18.1 Å². The lowest BCUT2D eigenvalue weighted by atomic mass is 10.1. The third-order valence-electron chi connectivity index (χ3n) is 3.83. The zero-order chi connectivity index (χ0) is 15.2. The van der Waals surface area contributed by atoms with Gasteiger partial charge in [-0.15, -0.1) is 0 Å². The van der Waals surface area contributed by atoms with Gasteiger partial charge in [0, 0.05) is 30.9 Å². The summed E-state index contributed by atoms with van der Waals surface area (Å²) in [6.07, 6.45) is 0. The molecule has 0 bridgehead atoms. The first-order valence-electron chi connectivity index (χ1n) is 7.39. The second kappa shape index (κ2) is 7.38. The van der Waals surface area contributed by atoms with Crippen LogP contribution in [0.1, 0.15) is 19.5 Å². The number of urea groups is 1. The number of nitrogens with one attached hydrogen (secondary N) is 2. The largest absolute Gasteiger partial charge is 0.379 e. The van der Waals surface area contributed by atoms with Gasteiger partial charge in [0.15, 0.2) is 0 Å². The van der Waals surface area contributed by atoms with Crippen LogP contribution in [0, 0.1) is 6.92 Å². The Morgan fingerprint density at radius 2 is 2.05 bits per heavy atom. The summed E-state index contributed by atoms with van der Waals surface area (Å²) < 4.78 is 5.35. The minimum absolute atomic E-state index is 0.0490. The van der Waals surface area contributed by atoms with Gasteiger partial charge in [-0.2, -0.15) is 0 Å². The molecule has 0 aliphatic carbocycles. The van der Waals surface area contributed by atoms with Crippen LogP contribution >= 0.6 is 0 Å². The minimum Gasteiger partial charge on any atom is -0.379 e. The van der Waals surface area contributed by atoms with E-state index in [1.807, 2.05) is 26.0 Å². The Bertz CT molecular complexity index is 474. The maximum atomic E-state index is 12.0. The van der Waals surface area contributed by atoms with Crippen LogP contribution in [0.15, 0.2) is 18.2 Å². The van der Waals surface area contributed by atoms with E-state index < -0.39 is 0 Å². The van der Waals surface area contributed by atoms with Crippen LogP contribution in [0.5, 0.6) is 0 Å². The predicted molar refractivity (Wildman–Crippen MR) is 82.4 cm³/mol. The number of morpholine rings is 1. The Labute approximate surface area is 125 Å². The molecule has 0 spiro atoms. The number of aryl methyl sites for hydroxylation is 1. The van der Waals surface area contributed by atoms with Crippen molar-refractivity contribution in [2.24, 2.45) is 0 Å². The van der Waals surface area contributed by atoms with Crippen LogP contribution in [0.2, 0.25) is 0 Å². The fraction of sp³-hybridized carbons (Fsp3) is 0.600. The summed E-state index contributed by atoms with van der Waals surface area (Å²) in [4.78, 5) is 18.6. The number of rotatable bonds is 4. The predicted octanol–water partition coefficient (Wildman–Crippen LogP) is 1.62. The molecule has 0 unspecified atom stereocenters. The van der Waals surface area contributed by atoms with Crippen molar-refractivity contribution in [2.45, 2.75) is 32.9 Å². The molecular weight excluding hydrogens is 268 g/mol. The number of aromatic nitrogens is 1. The Kier molecular flexibility index (Phi) is 5.52. The molecule has 2 heterocycles. The highest BCUT2D eigenvalue weighted by atomic mass is 16.5. The summed E-state index contributed by atoms with van der Waals surface area (Å²) in [6, 6.07) is 5.64. The van der Waals surface area contributed by atoms with Crippen LogP contribution in [0.3, 0.4) is 0 Å². The molecule has 0 saturated carbocycles. The highest BCUT2D eigenvalue weighted by molar-refractivity contribution is 5.88. The number of amides is 2. The molecule has 2 N–H and O–H groups in total. The summed E-state index contributed by atoms with van der Waals surface area (Å²) >= 11 is 0. The lowest BCUT2D eigenvalue weighted by molar-refractivity contribution is 0.0146. The fourth-order valence-electron chi connectivity index (χ4n) is 2.39. The molecular formula is C15H24N4O2. The number of ether oxygens (including phenoxy) is 1. The molecule has 116 valence electrons. The molecule has 0 radical (unpaired) electrons. The van der Waals surface area contributed by atoms with Crippen LogP contribution in [0.4, 0.5) is 10.6 Å². The zero-order valence-electron chi connectivity index (χ0n) is 12.9. The average molecular weight is 292 g/mol. The minimum atomic E-state index is -0.222. The number of carbonyl (C=O) groups excluding carboxylic acids is 1. The van der Waals surface area contributed by atoms with Crippen LogP contribution < -0.4 is 10.6 Å². The number of nitrogens with zero attached hydrogens (tertiary/aromatic N) is 2. The first kappa shape index (κ1) is 15.7. The number of carbonyl (C=O) groups is 1. The van der Waals surface area contributed by atoms with Gasteiger partial charge < -0.3 is 10.1 Å². The summed E-state index contributed by atoms with van der Waals surface area (Å²) in [5.74, 6) is 0.568. The Balaban J connectivity index is 1.83. The van der Waals surface area contributed by atoms with Crippen molar-refractivity contribution in [1.29, 1.82) is 0 Å². The van der Waals surface area contributed by atoms with Crippen molar-refractivity contribution in [3.8, 4) is 0 Å². The molecule has 2 amide bonds. The van der Waals surface area contributed by atoms with Gasteiger partial charge in [0.05, 0.1) is 13.2 Å². The van der Waals surface area contributed by atoms with Gasteiger partial charge in [0.2, 0.25) is 0 Å². The van der Waals surface area contributed by atoms with E-state index in [9.17, 15) is 4.79 Å². The van der Waals surface area contributed by atoms with Gasteiger partial charge in [0.25, 0.3) is 0 Å². The van der Waals surface area contributed by atoms with Crippen molar-refractivity contribution in [3.05, 3.63) is 23.9 Å². The maximum absolute atomic E-state index is 12.0. The molecule has 1 fully saturated rings. The summed E-state index contributed by atoms with van der Waals surface area (Å²) in [7, 11) is 0. The Morgan fingerprint density at radius 3 is 2.71 bits per heavy atom. The van der Waals surface area contributed by atoms with E-state index in [1.54, 1.807) is 6.07 Å². The molecule has 0 aromatic carbocycles. The molecule has 1 saturated heterocycles. The van der Waals surface area contributed by atoms with E-state index in [0.717, 1.165) is 32.0 Å². The van der Waals surface area contributed by atoms with Gasteiger partial charge in [-0.1, -0.05) is 6.07 Å². The molecule has 6 heteroatoms. The monoisotopic (exact) mass is 292 g/mol. The molecule has 21 heavy (non-hydrogen) atoms. The van der Waals surface area contributed by atoms with E-state index in [1.165, 1.54) is 0 Å². The van der Waals surface area contributed by atoms with E-state index in [2.05, 4.69) is 27.4 Å². The highest BCUT2D eigenvalue weighted by Crippen LogP contribution is 2.08. The number of anilines is 1. The van der Waals surface area contributed by atoms with Crippen molar-refractivity contribution in [2.75, 3.05) is 31.6 Å². The maximum Gasteiger partial charge on any atom is 0.320 e. The Morgan fingerprint density at radius 1 is 1.33 bits per heavy atom. The SMILES string of the molecule is Cc1cccc(NC(=O)N[C@H](C)[C@@H](C)N2CCOCC2)n1. The third kappa shape index (κ3) is 4.68. The third-order valence-corrected chi connectivity index (χ3v) is 3.83. The topological polar surface area (TPSA) is 66.5 Å². The van der Waals surface area contributed by atoms with Crippen LogP contribution in [-0.4, -0.2) is 54.3 Å². The summed E-state index contributed by atoms with van der Waals surface area (Å²) in [5.41, 5.74) is 0.877. The van der Waals surface area contributed by atoms with Crippen molar-refractivity contribution in [3.63, 3.8) is 0 Å². The first-order valence-corrected chi connectivity index (χ1v) is 7.39. The van der Waals surface area contributed by atoms with Crippen LogP contribution in [-0.2, 0) is 4.74 Å². The lowest BCUT2D eigenvalue weighted by Gasteiger charge is -2.35. The second-order valence-corrected chi connectivity index (χ2v) is 5.44. The quantitative estimate of drug-likeness (QED) is 0.885. The summed E-state index contributed by atoms with van der Waals surface area (Å²) in [5, 5.41) is 5.74. The summed E-state index contributed by atoms with van der Waals surface area (Å²) in [6.45, 7) is 9.38. The molecule has 1 aliphatic rings. The van der Waals surface area contributed by atoms with E-state index in [4.69, 9.17) is 4.74 Å². The number of hydrogen-bond acceptors (Lipinski definition) is 4. The number of hydrogen-bond donors (Lipinski definition) is 2. The van der Waals surface area contributed by atoms with Crippen molar-refractivity contribution < 1.29 is 9.53 Å². The normalized spacial score (nSPS) is 18.8. The van der Waals surface area contributed by atoms with Gasteiger partial charge in [-0.3, -0.25) is 10.2 Å². The first-order chi connectivity index (χ1) is 10.1. The Hall–Kier alpha value is -1.66. The zero-order valence-corrected chi connectivity index (χ0v) is 12.9. The highest BCUT2D eigenvalue weighted by Gasteiger charge is 2.23. The van der Waals surface area contributed by atoms with Gasteiger partial charge in [0.1, 0.15) is 5.82 Å². The smallest absolute Gasteiger partial charge is 0.320 e. The van der Waals surface area contributed by atoms with Crippen LogP contribution in [0.25, 0.3) is 0 Å². The fourth-order valence-corrected chi connectivity index (χ4v) is 2.39. The standard InChI is InChI=1S/C15H24N4O2/c1-11-5-4-6-14(16-11)18-15(20)17-12(2)13(3)19-7-9-21-10-8-19/h4-6,12-13H,7-10H2,1-3H3,(H2,16,17,18,20)/t12-,13-/m1/s1. The molecule has 2 atom stereocenters. The second-order valence-electron chi connectivity index (χ2n) is 5.44. The number of pyridine rings is 1. The molecule has 2 rings (SSSR count). The van der Waals surface area contributed by atoms with Crippen molar-refractivity contribution >= 4 is 11.8 Å². The molecule has 1 aliphatic heterocycles. The van der Waals surface area contributed by atoms with E-state index >= 15 is 0 Å².